The van der Waals surface area contributed by atoms with Gasteiger partial charge in [0.15, 0.2) is 0 Å². The number of aliphatic hydroxyl groups excluding tert-OH is 1. The van der Waals surface area contributed by atoms with Crippen molar-refractivity contribution >= 4 is 0 Å². The van der Waals surface area contributed by atoms with Crippen LogP contribution >= 0.6 is 0 Å². The van der Waals surface area contributed by atoms with E-state index in [1.807, 2.05) is 0 Å². The molecule has 2 aromatic rings. The maximum Gasteiger partial charge on any atom is 0.0830 e. The minimum Gasteiger partial charge on any atom is -0.388 e. The Labute approximate surface area is 121 Å². The molecule has 0 fully saturated rings. The van der Waals surface area contributed by atoms with Gasteiger partial charge in [-0.3, -0.25) is 0 Å². The number of rotatable bonds is 3. The lowest BCUT2D eigenvalue weighted by molar-refractivity contribution is 0.178. The average molecular weight is 266 g/mol. The van der Waals surface area contributed by atoms with Crippen molar-refractivity contribution < 1.29 is 5.11 Å². The van der Waals surface area contributed by atoms with Gasteiger partial charge in [-0.15, -0.1) is 0 Å². The Hall–Kier alpha value is -1.60. The van der Waals surface area contributed by atoms with E-state index in [0.717, 1.165) is 5.56 Å². The number of benzene rings is 2. The predicted molar refractivity (Wildman–Crippen MR) is 82.9 cm³/mol. The monoisotopic (exact) mass is 266 g/mol. The predicted octanol–water partition coefficient (Wildman–Crippen LogP) is 4.15. The van der Waals surface area contributed by atoms with Crippen LogP contribution < -0.4 is 0 Å². The van der Waals surface area contributed by atoms with Crippen molar-refractivity contribution in [2.24, 2.45) is 0 Å². The van der Waals surface area contributed by atoms with Gasteiger partial charge in [0.2, 0.25) is 0 Å². The van der Waals surface area contributed by atoms with Gasteiger partial charge in [-0.1, -0.05) is 48.0 Å². The third kappa shape index (κ3) is 2.94. The van der Waals surface area contributed by atoms with E-state index in [1.54, 1.807) is 0 Å². The molecular weight excluding hydrogens is 244 g/mol. The molecule has 0 aromatic heterocycles. The van der Waals surface area contributed by atoms with Crippen LogP contribution in [-0.2, 0) is 19.3 Å². The molecule has 1 aliphatic carbocycles. The van der Waals surface area contributed by atoms with Gasteiger partial charge < -0.3 is 5.11 Å². The van der Waals surface area contributed by atoms with Crippen molar-refractivity contribution in [3.63, 3.8) is 0 Å². The van der Waals surface area contributed by atoms with Gasteiger partial charge in [-0.05, 0) is 54.9 Å². The highest BCUT2D eigenvalue weighted by molar-refractivity contribution is 5.35. The lowest BCUT2D eigenvalue weighted by atomic mass is 9.89. The molecule has 1 heteroatoms. The van der Waals surface area contributed by atoms with Gasteiger partial charge in [-0.2, -0.15) is 0 Å². The Morgan fingerprint density at radius 1 is 0.950 bits per heavy atom. The highest BCUT2D eigenvalue weighted by atomic mass is 16.3. The first-order valence-corrected chi connectivity index (χ1v) is 7.58. The van der Waals surface area contributed by atoms with Crippen LogP contribution in [0.25, 0.3) is 0 Å². The summed E-state index contributed by atoms with van der Waals surface area (Å²) in [5.41, 5.74) is 6.43. The van der Waals surface area contributed by atoms with Crippen LogP contribution in [0.3, 0.4) is 0 Å². The van der Waals surface area contributed by atoms with Gasteiger partial charge >= 0.3 is 0 Å². The first kappa shape index (κ1) is 13.4. The molecule has 0 bridgehead atoms. The number of hydrogen-bond donors (Lipinski definition) is 1. The molecule has 3 rings (SSSR count). The number of fused-ring (bicyclic) bond motifs is 1. The van der Waals surface area contributed by atoms with E-state index >= 15 is 0 Å². The van der Waals surface area contributed by atoms with Gasteiger partial charge in [0.05, 0.1) is 6.10 Å². The molecule has 1 N–H and O–H groups in total. The summed E-state index contributed by atoms with van der Waals surface area (Å²) in [6, 6.07) is 15.0. The molecule has 104 valence electrons. The summed E-state index contributed by atoms with van der Waals surface area (Å²) >= 11 is 0. The second-order valence-corrected chi connectivity index (χ2v) is 5.94. The molecule has 1 unspecified atom stereocenters. The maximum atomic E-state index is 10.4. The van der Waals surface area contributed by atoms with Crippen LogP contribution in [0.5, 0.6) is 0 Å². The second-order valence-electron chi connectivity index (χ2n) is 5.94. The Balaban J connectivity index is 1.76. The molecule has 0 radical (unpaired) electrons. The van der Waals surface area contributed by atoms with Gasteiger partial charge in [-0.25, -0.2) is 0 Å². The maximum absolute atomic E-state index is 10.4. The molecule has 1 atom stereocenters. The quantitative estimate of drug-likeness (QED) is 0.885. The Morgan fingerprint density at radius 2 is 1.65 bits per heavy atom. The summed E-state index contributed by atoms with van der Waals surface area (Å²) in [7, 11) is 0. The topological polar surface area (TPSA) is 20.2 Å². The van der Waals surface area contributed by atoms with Crippen LogP contribution in [0.15, 0.2) is 42.5 Å². The van der Waals surface area contributed by atoms with Crippen molar-refractivity contribution in [1.82, 2.24) is 0 Å². The second kappa shape index (κ2) is 5.80. The van der Waals surface area contributed by atoms with Crippen molar-refractivity contribution in [1.29, 1.82) is 0 Å². The normalized spacial score (nSPS) is 15.7. The summed E-state index contributed by atoms with van der Waals surface area (Å²) in [5, 5.41) is 10.4. The lowest BCUT2D eigenvalue weighted by Crippen LogP contribution is -2.07. The summed E-state index contributed by atoms with van der Waals surface area (Å²) < 4.78 is 0. The van der Waals surface area contributed by atoms with Gasteiger partial charge in [0.1, 0.15) is 0 Å². The molecule has 0 amide bonds. The average Bonchev–Trinajstić information content (AvgIpc) is 2.49. The molecule has 0 saturated carbocycles. The van der Waals surface area contributed by atoms with Crippen LogP contribution in [-0.4, -0.2) is 5.11 Å². The van der Waals surface area contributed by atoms with Crippen molar-refractivity contribution in [3.05, 3.63) is 70.3 Å². The summed E-state index contributed by atoms with van der Waals surface area (Å²) in [5.74, 6) is 0. The summed E-state index contributed by atoms with van der Waals surface area (Å²) in [4.78, 5) is 0. The molecule has 0 aliphatic heterocycles. The Bertz CT molecular complexity index is 583. The van der Waals surface area contributed by atoms with E-state index in [4.69, 9.17) is 0 Å². The smallest absolute Gasteiger partial charge is 0.0830 e. The van der Waals surface area contributed by atoms with Crippen molar-refractivity contribution in [2.75, 3.05) is 0 Å². The molecule has 1 nitrogen and oxygen atoms in total. The minimum atomic E-state index is -0.398. The first-order chi connectivity index (χ1) is 9.72. The van der Waals surface area contributed by atoms with Crippen LogP contribution in [0.4, 0.5) is 0 Å². The molecular formula is C19H22O. The molecule has 1 aliphatic rings. The zero-order valence-electron chi connectivity index (χ0n) is 12.1. The Morgan fingerprint density at radius 3 is 2.40 bits per heavy atom. The van der Waals surface area contributed by atoms with E-state index in [2.05, 4.69) is 49.4 Å². The minimum absolute atomic E-state index is 0.398. The Kier molecular flexibility index (Phi) is 3.88. The molecule has 0 saturated heterocycles. The first-order valence-electron chi connectivity index (χ1n) is 7.58. The lowest BCUT2D eigenvalue weighted by Gasteiger charge is -2.19. The van der Waals surface area contributed by atoms with E-state index in [-0.39, 0.29) is 0 Å². The zero-order chi connectivity index (χ0) is 13.9. The fraction of sp³-hybridized carbons (Fsp3) is 0.368. The number of aryl methyl sites for hydroxylation is 3. The standard InChI is InChI=1S/C19H22O/c1-14-6-8-15(9-7-14)12-19(20)18-11-10-16-4-2-3-5-17(16)13-18/h6-11,13,19-20H,2-5,12H2,1H3. The zero-order valence-corrected chi connectivity index (χ0v) is 12.1. The number of hydrogen-bond acceptors (Lipinski definition) is 1. The fourth-order valence-corrected chi connectivity index (χ4v) is 3.03. The summed E-state index contributed by atoms with van der Waals surface area (Å²) in [6.45, 7) is 2.09. The third-order valence-corrected chi connectivity index (χ3v) is 4.31. The summed E-state index contributed by atoms with van der Waals surface area (Å²) in [6.07, 6.45) is 5.25. The SMILES string of the molecule is Cc1ccc(CC(O)c2ccc3c(c2)CCCC3)cc1. The van der Waals surface area contributed by atoms with E-state index in [1.165, 1.54) is 47.9 Å². The van der Waals surface area contributed by atoms with E-state index in [9.17, 15) is 5.11 Å². The van der Waals surface area contributed by atoms with Gasteiger partial charge in [0, 0.05) is 6.42 Å². The third-order valence-electron chi connectivity index (χ3n) is 4.31. The highest BCUT2D eigenvalue weighted by Crippen LogP contribution is 2.26. The van der Waals surface area contributed by atoms with E-state index in [0.29, 0.717) is 6.42 Å². The fourth-order valence-electron chi connectivity index (χ4n) is 3.03. The molecule has 2 aromatic carbocycles. The molecule has 0 heterocycles. The molecule has 20 heavy (non-hydrogen) atoms. The molecule has 0 spiro atoms. The van der Waals surface area contributed by atoms with E-state index < -0.39 is 6.10 Å². The highest BCUT2D eigenvalue weighted by Gasteiger charge is 2.13. The van der Waals surface area contributed by atoms with Crippen LogP contribution in [0, 0.1) is 6.92 Å². The van der Waals surface area contributed by atoms with Crippen molar-refractivity contribution in [3.8, 4) is 0 Å². The van der Waals surface area contributed by atoms with Crippen molar-refractivity contribution in [2.45, 2.75) is 45.1 Å². The van der Waals surface area contributed by atoms with Gasteiger partial charge in [0.25, 0.3) is 0 Å². The van der Waals surface area contributed by atoms with Crippen LogP contribution in [0.2, 0.25) is 0 Å². The van der Waals surface area contributed by atoms with Crippen LogP contribution in [0.1, 0.15) is 46.8 Å². The number of aliphatic hydroxyl groups is 1. The largest absolute Gasteiger partial charge is 0.388 e.